The average Bonchev–Trinajstić information content (AvgIpc) is 3.08. The van der Waals surface area contributed by atoms with Crippen LogP contribution in [0.1, 0.15) is 40.9 Å². The minimum absolute atomic E-state index is 0.0469. The number of carbonyl (C=O) groups excluding carboxylic acids is 1. The summed E-state index contributed by atoms with van der Waals surface area (Å²) in [5.74, 6) is 1.33. The Morgan fingerprint density at radius 2 is 2.20 bits per heavy atom. The summed E-state index contributed by atoms with van der Waals surface area (Å²) in [6.45, 7) is 7.55. The van der Waals surface area contributed by atoms with Gasteiger partial charge in [0.2, 0.25) is 0 Å². The molecular weight excluding hydrogens is 314 g/mol. The number of pyridine rings is 1. The van der Waals surface area contributed by atoms with E-state index >= 15 is 0 Å². The number of likely N-dealkylation sites (tertiary alicyclic amines) is 1. The van der Waals surface area contributed by atoms with Crippen molar-refractivity contribution >= 4 is 5.91 Å². The second-order valence-corrected chi connectivity index (χ2v) is 6.61. The summed E-state index contributed by atoms with van der Waals surface area (Å²) in [6.07, 6.45) is 5.42. The first-order valence-corrected chi connectivity index (χ1v) is 8.88. The number of hydrogen-bond donors (Lipinski definition) is 1. The maximum Gasteiger partial charge on any atom is 0.252 e. The fourth-order valence-corrected chi connectivity index (χ4v) is 3.09. The van der Waals surface area contributed by atoms with Gasteiger partial charge < -0.3 is 5.32 Å². The maximum absolute atomic E-state index is 12.2. The Labute approximate surface area is 148 Å². The van der Waals surface area contributed by atoms with Gasteiger partial charge in [-0.1, -0.05) is 6.92 Å². The van der Waals surface area contributed by atoms with Crippen molar-refractivity contribution < 1.29 is 4.79 Å². The van der Waals surface area contributed by atoms with Crippen LogP contribution in [-0.4, -0.2) is 45.4 Å². The van der Waals surface area contributed by atoms with Crippen LogP contribution in [0.25, 0.3) is 0 Å². The van der Waals surface area contributed by atoms with Gasteiger partial charge in [-0.25, -0.2) is 9.97 Å². The van der Waals surface area contributed by atoms with E-state index in [1.165, 1.54) is 0 Å². The van der Waals surface area contributed by atoms with E-state index in [1.54, 1.807) is 6.20 Å². The van der Waals surface area contributed by atoms with Crippen molar-refractivity contribution in [1.29, 1.82) is 0 Å². The van der Waals surface area contributed by atoms with Crippen molar-refractivity contribution in [2.45, 2.75) is 33.2 Å². The van der Waals surface area contributed by atoms with Crippen LogP contribution in [-0.2, 0) is 13.0 Å². The SMILES string of the molecule is CCc1nccc(CN2CC[C@@H](CNC(=O)c3ccc(C)nc3)C2)n1. The first kappa shape index (κ1) is 17.5. The molecule has 3 rings (SSSR count). The highest BCUT2D eigenvalue weighted by Crippen LogP contribution is 2.17. The van der Waals surface area contributed by atoms with Gasteiger partial charge in [-0.05, 0) is 44.0 Å². The summed E-state index contributed by atoms with van der Waals surface area (Å²) in [5.41, 5.74) is 2.61. The van der Waals surface area contributed by atoms with E-state index in [2.05, 4.69) is 32.1 Å². The van der Waals surface area contributed by atoms with Gasteiger partial charge >= 0.3 is 0 Å². The molecule has 0 bridgehead atoms. The Morgan fingerprint density at radius 3 is 2.96 bits per heavy atom. The molecule has 1 amide bonds. The largest absolute Gasteiger partial charge is 0.352 e. The van der Waals surface area contributed by atoms with Crippen molar-refractivity contribution in [3.05, 3.63) is 53.4 Å². The molecule has 2 aromatic heterocycles. The smallest absolute Gasteiger partial charge is 0.252 e. The van der Waals surface area contributed by atoms with Crippen LogP contribution in [0.3, 0.4) is 0 Å². The Bertz CT molecular complexity index is 716. The molecule has 6 heteroatoms. The van der Waals surface area contributed by atoms with E-state index in [0.717, 1.165) is 49.7 Å². The molecule has 1 fully saturated rings. The van der Waals surface area contributed by atoms with Gasteiger partial charge in [-0.2, -0.15) is 0 Å². The van der Waals surface area contributed by atoms with Crippen molar-refractivity contribution in [3.63, 3.8) is 0 Å². The Hall–Kier alpha value is -2.34. The molecule has 1 N–H and O–H groups in total. The Morgan fingerprint density at radius 1 is 1.32 bits per heavy atom. The van der Waals surface area contributed by atoms with Crippen molar-refractivity contribution in [3.8, 4) is 0 Å². The summed E-state index contributed by atoms with van der Waals surface area (Å²) < 4.78 is 0. The molecule has 2 aromatic rings. The van der Waals surface area contributed by atoms with Gasteiger partial charge in [-0.15, -0.1) is 0 Å². The predicted octanol–water partition coefficient (Wildman–Crippen LogP) is 1.99. The third-order valence-corrected chi connectivity index (χ3v) is 4.56. The lowest BCUT2D eigenvalue weighted by Gasteiger charge is -2.16. The minimum atomic E-state index is -0.0469. The summed E-state index contributed by atoms with van der Waals surface area (Å²) in [5, 5.41) is 3.03. The van der Waals surface area contributed by atoms with Gasteiger partial charge in [0, 0.05) is 44.1 Å². The zero-order valence-corrected chi connectivity index (χ0v) is 14.9. The van der Waals surface area contributed by atoms with Gasteiger partial charge in [0.1, 0.15) is 5.82 Å². The highest BCUT2D eigenvalue weighted by Gasteiger charge is 2.23. The molecule has 1 saturated heterocycles. The van der Waals surface area contributed by atoms with E-state index in [-0.39, 0.29) is 5.91 Å². The fourth-order valence-electron chi connectivity index (χ4n) is 3.09. The molecule has 0 saturated carbocycles. The topological polar surface area (TPSA) is 71.0 Å². The standard InChI is InChI=1S/C19H25N5O/c1-3-18-20-8-6-17(23-18)13-24-9-7-15(12-24)10-22-19(25)16-5-4-14(2)21-11-16/h4-6,8,11,15H,3,7,9-10,12-13H2,1-2H3,(H,22,25)/t15-/m0/s1. The van der Waals surface area contributed by atoms with Crippen LogP contribution in [0, 0.1) is 12.8 Å². The molecule has 0 radical (unpaired) electrons. The number of aryl methyl sites for hydroxylation is 2. The zero-order chi connectivity index (χ0) is 17.6. The third kappa shape index (κ3) is 4.82. The van der Waals surface area contributed by atoms with Crippen LogP contribution in [0.2, 0.25) is 0 Å². The molecular formula is C19H25N5O. The Kier molecular flexibility index (Phi) is 5.71. The molecule has 0 aliphatic carbocycles. The molecule has 0 unspecified atom stereocenters. The molecule has 1 aliphatic rings. The molecule has 0 aromatic carbocycles. The van der Waals surface area contributed by atoms with Crippen LogP contribution in [0.5, 0.6) is 0 Å². The summed E-state index contributed by atoms with van der Waals surface area (Å²) in [7, 11) is 0. The quantitative estimate of drug-likeness (QED) is 0.871. The van der Waals surface area contributed by atoms with E-state index < -0.39 is 0 Å². The molecule has 25 heavy (non-hydrogen) atoms. The van der Waals surface area contributed by atoms with Gasteiger partial charge in [-0.3, -0.25) is 14.7 Å². The third-order valence-electron chi connectivity index (χ3n) is 4.56. The second-order valence-electron chi connectivity index (χ2n) is 6.61. The first-order chi connectivity index (χ1) is 12.1. The second kappa shape index (κ2) is 8.16. The van der Waals surface area contributed by atoms with Crippen LogP contribution >= 0.6 is 0 Å². The molecule has 6 nitrogen and oxygen atoms in total. The normalized spacial score (nSPS) is 17.6. The highest BCUT2D eigenvalue weighted by atomic mass is 16.1. The van der Waals surface area contributed by atoms with E-state index in [1.807, 2.05) is 31.3 Å². The number of aromatic nitrogens is 3. The molecule has 3 heterocycles. The lowest BCUT2D eigenvalue weighted by molar-refractivity contribution is 0.0947. The number of rotatable bonds is 6. The minimum Gasteiger partial charge on any atom is -0.352 e. The molecule has 1 atom stereocenters. The van der Waals surface area contributed by atoms with Gasteiger partial charge in [0.05, 0.1) is 11.3 Å². The van der Waals surface area contributed by atoms with E-state index in [9.17, 15) is 4.79 Å². The summed E-state index contributed by atoms with van der Waals surface area (Å²) in [4.78, 5) is 27.6. The van der Waals surface area contributed by atoms with Crippen LogP contribution < -0.4 is 5.32 Å². The van der Waals surface area contributed by atoms with Crippen molar-refractivity contribution in [2.24, 2.45) is 5.92 Å². The molecule has 0 spiro atoms. The summed E-state index contributed by atoms with van der Waals surface area (Å²) in [6, 6.07) is 5.66. The first-order valence-electron chi connectivity index (χ1n) is 8.88. The maximum atomic E-state index is 12.2. The van der Waals surface area contributed by atoms with Crippen molar-refractivity contribution in [2.75, 3.05) is 19.6 Å². The van der Waals surface area contributed by atoms with Gasteiger partial charge in [0.25, 0.3) is 5.91 Å². The van der Waals surface area contributed by atoms with E-state index in [0.29, 0.717) is 18.0 Å². The Balaban J connectivity index is 1.46. The number of nitrogens with zero attached hydrogens (tertiary/aromatic N) is 4. The number of amides is 1. The number of carbonyl (C=O) groups is 1. The average molecular weight is 339 g/mol. The van der Waals surface area contributed by atoms with E-state index in [4.69, 9.17) is 0 Å². The molecule has 1 aliphatic heterocycles. The van der Waals surface area contributed by atoms with Gasteiger partial charge in [0.15, 0.2) is 0 Å². The van der Waals surface area contributed by atoms with Crippen LogP contribution in [0.4, 0.5) is 0 Å². The fraction of sp³-hybridized carbons (Fsp3) is 0.474. The number of nitrogens with one attached hydrogen (secondary N) is 1. The van der Waals surface area contributed by atoms with Crippen molar-refractivity contribution in [1.82, 2.24) is 25.2 Å². The highest BCUT2D eigenvalue weighted by molar-refractivity contribution is 5.93. The van der Waals surface area contributed by atoms with Crippen LogP contribution in [0.15, 0.2) is 30.6 Å². The monoisotopic (exact) mass is 339 g/mol. The molecule has 132 valence electrons. The number of hydrogen-bond acceptors (Lipinski definition) is 5. The zero-order valence-electron chi connectivity index (χ0n) is 14.9. The predicted molar refractivity (Wildman–Crippen MR) is 96.1 cm³/mol. The lowest BCUT2D eigenvalue weighted by Crippen LogP contribution is -2.31. The summed E-state index contributed by atoms with van der Waals surface area (Å²) >= 11 is 0. The lowest BCUT2D eigenvalue weighted by atomic mass is 10.1.